The average molecular weight is 356 g/mol. The minimum absolute atomic E-state index is 0.0312. The first-order valence-corrected chi connectivity index (χ1v) is 9.47. The molecule has 0 aliphatic heterocycles. The van der Waals surface area contributed by atoms with Gasteiger partial charge in [-0.3, -0.25) is 4.79 Å². The van der Waals surface area contributed by atoms with E-state index in [1.54, 1.807) is 12.1 Å². The van der Waals surface area contributed by atoms with Crippen LogP contribution in [-0.2, 0) is 0 Å². The molecule has 1 nitrogen and oxygen atoms in total. The van der Waals surface area contributed by atoms with Crippen LogP contribution in [0.1, 0.15) is 0 Å². The quantitative estimate of drug-likeness (QED) is 0.273. The van der Waals surface area contributed by atoms with Crippen LogP contribution in [0.3, 0.4) is 0 Å². The van der Waals surface area contributed by atoms with Gasteiger partial charge in [-0.1, -0.05) is 36.4 Å². The van der Waals surface area contributed by atoms with Crippen LogP contribution in [0.5, 0.6) is 0 Å². The Morgan fingerprint density at radius 2 is 0.607 bits per heavy atom. The van der Waals surface area contributed by atoms with E-state index in [0.29, 0.717) is 0 Å². The van der Waals surface area contributed by atoms with Gasteiger partial charge in [0.1, 0.15) is 0 Å². The van der Waals surface area contributed by atoms with E-state index in [1.807, 2.05) is 12.1 Å². The summed E-state index contributed by atoms with van der Waals surface area (Å²) in [4.78, 5) is 11.7. The molecule has 0 fully saturated rings. The second kappa shape index (κ2) is 5.64. The molecule has 0 bridgehead atoms. The SMILES string of the molecule is O=c1ccc2cc3cc4cc5cc6ccccc6cc5cc4cc3cc2cc1. The molecule has 6 aromatic carbocycles. The monoisotopic (exact) mass is 356 g/mol. The summed E-state index contributed by atoms with van der Waals surface area (Å²) in [5.74, 6) is 0. The molecule has 0 aliphatic carbocycles. The summed E-state index contributed by atoms with van der Waals surface area (Å²) in [6.45, 7) is 0. The van der Waals surface area contributed by atoms with Crippen LogP contribution in [0.2, 0.25) is 0 Å². The number of fused-ring (bicyclic) bond motifs is 5. The highest BCUT2D eigenvalue weighted by molar-refractivity contribution is 6.10. The number of rotatable bonds is 0. The Kier molecular flexibility index (Phi) is 3.09. The van der Waals surface area contributed by atoms with Gasteiger partial charge < -0.3 is 0 Å². The van der Waals surface area contributed by atoms with Crippen LogP contribution in [0.15, 0.2) is 102 Å². The van der Waals surface area contributed by atoms with Crippen molar-refractivity contribution < 1.29 is 0 Å². The van der Waals surface area contributed by atoms with Crippen molar-refractivity contribution in [1.82, 2.24) is 0 Å². The Labute approximate surface area is 161 Å². The van der Waals surface area contributed by atoms with E-state index in [4.69, 9.17) is 0 Å². The molecule has 0 unspecified atom stereocenters. The first-order valence-electron chi connectivity index (χ1n) is 9.47. The second-order valence-electron chi connectivity index (χ2n) is 7.50. The molecule has 6 rings (SSSR count). The Hall–Kier alpha value is -3.71. The summed E-state index contributed by atoms with van der Waals surface area (Å²) in [5.41, 5.74) is 0.0312. The molecule has 28 heavy (non-hydrogen) atoms. The van der Waals surface area contributed by atoms with Gasteiger partial charge in [0.2, 0.25) is 0 Å². The molecule has 0 saturated heterocycles. The summed E-state index contributed by atoms with van der Waals surface area (Å²) in [7, 11) is 0. The highest BCUT2D eigenvalue weighted by Crippen LogP contribution is 2.31. The van der Waals surface area contributed by atoms with Gasteiger partial charge in [0, 0.05) is 0 Å². The van der Waals surface area contributed by atoms with Crippen LogP contribution < -0.4 is 5.43 Å². The molecule has 6 aromatic rings. The Balaban J connectivity index is 1.70. The fourth-order valence-corrected chi connectivity index (χ4v) is 4.22. The first-order chi connectivity index (χ1) is 13.7. The third kappa shape index (κ3) is 2.37. The molecule has 130 valence electrons. The van der Waals surface area contributed by atoms with Gasteiger partial charge in [-0.25, -0.2) is 0 Å². The Bertz CT molecular complexity index is 1510. The summed E-state index contributed by atoms with van der Waals surface area (Å²) in [5, 5.41) is 12.1. The van der Waals surface area contributed by atoms with E-state index in [-0.39, 0.29) is 5.43 Å². The van der Waals surface area contributed by atoms with Crippen LogP contribution in [0.25, 0.3) is 53.9 Å². The van der Waals surface area contributed by atoms with Crippen molar-refractivity contribution in [3.63, 3.8) is 0 Å². The lowest BCUT2D eigenvalue weighted by atomic mass is 9.96. The molecule has 0 heterocycles. The maximum absolute atomic E-state index is 11.7. The molecule has 0 saturated carbocycles. The Morgan fingerprint density at radius 3 is 0.964 bits per heavy atom. The van der Waals surface area contributed by atoms with Gasteiger partial charge in [-0.05, 0) is 115 Å². The van der Waals surface area contributed by atoms with Crippen molar-refractivity contribution >= 4 is 53.9 Å². The first kappa shape index (κ1) is 15.4. The van der Waals surface area contributed by atoms with Crippen molar-refractivity contribution in [2.45, 2.75) is 0 Å². The second-order valence-corrected chi connectivity index (χ2v) is 7.50. The number of hydrogen-bond acceptors (Lipinski definition) is 1. The van der Waals surface area contributed by atoms with Gasteiger partial charge in [-0.2, -0.15) is 0 Å². The van der Waals surface area contributed by atoms with Gasteiger partial charge in [0.15, 0.2) is 5.43 Å². The highest BCUT2D eigenvalue weighted by Gasteiger charge is 2.04. The summed E-state index contributed by atoms with van der Waals surface area (Å²) in [6, 6.07) is 33.5. The predicted octanol–water partition coefficient (Wildman–Crippen LogP) is 6.81. The summed E-state index contributed by atoms with van der Waals surface area (Å²) < 4.78 is 0. The van der Waals surface area contributed by atoms with Crippen molar-refractivity contribution in [3.8, 4) is 0 Å². The minimum Gasteiger partial charge on any atom is -0.290 e. The van der Waals surface area contributed by atoms with Gasteiger partial charge in [-0.15, -0.1) is 0 Å². The molecular formula is C27H16O. The molecule has 0 atom stereocenters. The maximum Gasteiger partial charge on any atom is 0.178 e. The highest BCUT2D eigenvalue weighted by atomic mass is 16.1. The standard InChI is InChI=1S/C27H16O/c28-27-7-5-19-11-23-15-25-13-21-9-17-3-1-2-4-18(17)10-22(21)14-26(25)16-24(23)12-20(19)6-8-27/h1-16H. The zero-order valence-corrected chi connectivity index (χ0v) is 15.1. The largest absolute Gasteiger partial charge is 0.290 e. The van der Waals surface area contributed by atoms with Crippen LogP contribution in [0, 0.1) is 0 Å². The molecule has 0 aromatic heterocycles. The van der Waals surface area contributed by atoms with E-state index in [1.165, 1.54) is 43.1 Å². The van der Waals surface area contributed by atoms with Crippen molar-refractivity contribution in [3.05, 3.63) is 107 Å². The van der Waals surface area contributed by atoms with E-state index in [0.717, 1.165) is 10.8 Å². The zero-order valence-electron chi connectivity index (χ0n) is 15.1. The lowest BCUT2D eigenvalue weighted by Crippen LogP contribution is -1.87. The van der Waals surface area contributed by atoms with Crippen molar-refractivity contribution in [2.75, 3.05) is 0 Å². The van der Waals surface area contributed by atoms with E-state index >= 15 is 0 Å². The van der Waals surface area contributed by atoms with E-state index in [9.17, 15) is 4.79 Å². The lowest BCUT2D eigenvalue weighted by molar-refractivity contribution is 1.68. The number of hydrogen-bond donors (Lipinski definition) is 0. The lowest BCUT2D eigenvalue weighted by Gasteiger charge is -2.08. The van der Waals surface area contributed by atoms with Crippen molar-refractivity contribution in [1.29, 1.82) is 0 Å². The van der Waals surface area contributed by atoms with Crippen LogP contribution >= 0.6 is 0 Å². The van der Waals surface area contributed by atoms with Crippen LogP contribution in [0.4, 0.5) is 0 Å². The maximum atomic E-state index is 11.7. The molecule has 0 amide bonds. The number of benzene rings is 5. The average Bonchev–Trinajstić information content (AvgIpc) is 2.89. The molecule has 1 heteroatoms. The van der Waals surface area contributed by atoms with Gasteiger partial charge in [0.05, 0.1) is 0 Å². The molecule has 0 spiro atoms. The normalized spacial score (nSPS) is 11.7. The van der Waals surface area contributed by atoms with Gasteiger partial charge >= 0.3 is 0 Å². The van der Waals surface area contributed by atoms with E-state index < -0.39 is 0 Å². The molecule has 0 N–H and O–H groups in total. The Morgan fingerprint density at radius 1 is 0.321 bits per heavy atom. The fraction of sp³-hybridized carbons (Fsp3) is 0. The molecular weight excluding hydrogens is 340 g/mol. The third-order valence-electron chi connectivity index (χ3n) is 5.67. The smallest absolute Gasteiger partial charge is 0.178 e. The minimum atomic E-state index is 0.0312. The zero-order chi connectivity index (χ0) is 18.7. The molecule has 0 radical (unpaired) electrons. The van der Waals surface area contributed by atoms with Crippen molar-refractivity contribution in [2.24, 2.45) is 0 Å². The predicted molar refractivity (Wildman–Crippen MR) is 120 cm³/mol. The van der Waals surface area contributed by atoms with Crippen LogP contribution in [-0.4, -0.2) is 0 Å². The third-order valence-corrected chi connectivity index (χ3v) is 5.67. The van der Waals surface area contributed by atoms with E-state index in [2.05, 4.69) is 72.8 Å². The fourth-order valence-electron chi connectivity index (χ4n) is 4.22. The summed E-state index contributed by atoms with van der Waals surface area (Å²) >= 11 is 0. The van der Waals surface area contributed by atoms with Gasteiger partial charge in [0.25, 0.3) is 0 Å². The molecule has 0 aliphatic rings. The topological polar surface area (TPSA) is 17.1 Å². The summed E-state index contributed by atoms with van der Waals surface area (Å²) in [6.07, 6.45) is 0.